The molecule has 3 rings (SSSR count). The first kappa shape index (κ1) is 15.5. The Hall–Kier alpha value is -2.43. The number of carbonyl (C=O) groups is 3. The van der Waals surface area contributed by atoms with Crippen LogP contribution >= 0.6 is 0 Å². The Morgan fingerprint density at radius 1 is 1.17 bits per heavy atom. The zero-order valence-corrected chi connectivity index (χ0v) is 13.0. The molecular weight excluding hydrogens is 294 g/mol. The molecule has 1 aliphatic heterocycles. The predicted octanol–water partition coefficient (Wildman–Crippen LogP) is 2.71. The van der Waals surface area contributed by atoms with E-state index in [9.17, 15) is 14.4 Å². The smallest absolute Gasteiger partial charge is 0.338 e. The maximum Gasteiger partial charge on any atom is 0.338 e. The van der Waals surface area contributed by atoms with Gasteiger partial charge in [0.15, 0.2) is 0 Å². The summed E-state index contributed by atoms with van der Waals surface area (Å²) in [5.74, 6) is -1.34. The Balaban J connectivity index is 1.86. The lowest BCUT2D eigenvalue weighted by atomic mass is 9.85. The molecule has 0 aromatic heterocycles. The summed E-state index contributed by atoms with van der Waals surface area (Å²) in [5, 5.41) is 0. The van der Waals surface area contributed by atoms with Gasteiger partial charge >= 0.3 is 5.97 Å². The Morgan fingerprint density at radius 3 is 2.43 bits per heavy atom. The maximum absolute atomic E-state index is 12.6. The van der Waals surface area contributed by atoms with Crippen molar-refractivity contribution < 1.29 is 19.1 Å². The van der Waals surface area contributed by atoms with Crippen molar-refractivity contribution in [2.45, 2.75) is 26.2 Å². The van der Waals surface area contributed by atoms with E-state index in [-0.39, 0.29) is 23.7 Å². The lowest BCUT2D eigenvalue weighted by molar-refractivity contribution is -0.122. The summed E-state index contributed by atoms with van der Waals surface area (Å²) in [6, 6.07) is 6.52. The highest BCUT2D eigenvalue weighted by molar-refractivity contribution is 6.22. The third kappa shape index (κ3) is 2.79. The van der Waals surface area contributed by atoms with Crippen LogP contribution in [-0.4, -0.2) is 24.4 Å². The van der Waals surface area contributed by atoms with Gasteiger partial charge in [0.1, 0.15) is 0 Å². The molecule has 1 aromatic rings. The number of rotatable bonds is 4. The predicted molar refractivity (Wildman–Crippen MR) is 84.9 cm³/mol. The molecule has 0 N–H and O–H groups in total. The minimum atomic E-state index is -0.438. The van der Waals surface area contributed by atoms with E-state index in [1.807, 2.05) is 19.1 Å². The van der Waals surface area contributed by atoms with Crippen LogP contribution in [0.15, 0.2) is 36.4 Å². The average molecular weight is 313 g/mol. The standard InChI is InChI=1S/C18H19NO4/c1-2-10-23-18(22)12-6-5-7-13(11-12)19-16(20)14-8-3-4-9-15(14)17(19)21/h3-7,11,14-15H,2,8-10H2,1H3. The number of allylic oxidation sites excluding steroid dienone is 2. The van der Waals surface area contributed by atoms with Gasteiger partial charge in [0, 0.05) is 0 Å². The van der Waals surface area contributed by atoms with Crippen molar-refractivity contribution >= 4 is 23.5 Å². The summed E-state index contributed by atoms with van der Waals surface area (Å²) in [4.78, 5) is 38.3. The fourth-order valence-electron chi connectivity index (χ4n) is 3.10. The van der Waals surface area contributed by atoms with Crippen LogP contribution in [0, 0.1) is 11.8 Å². The molecule has 1 heterocycles. The minimum absolute atomic E-state index is 0.177. The van der Waals surface area contributed by atoms with Crippen LogP contribution in [0.25, 0.3) is 0 Å². The monoisotopic (exact) mass is 313 g/mol. The number of fused-ring (bicyclic) bond motifs is 1. The van der Waals surface area contributed by atoms with Crippen molar-refractivity contribution in [2.75, 3.05) is 11.5 Å². The second kappa shape index (κ2) is 6.36. The van der Waals surface area contributed by atoms with Gasteiger partial charge in [-0.3, -0.25) is 14.5 Å². The molecule has 0 spiro atoms. The lowest BCUT2D eigenvalue weighted by Crippen LogP contribution is -2.31. The van der Waals surface area contributed by atoms with Gasteiger partial charge in [-0.05, 0) is 37.5 Å². The Bertz CT molecular complexity index is 653. The Morgan fingerprint density at radius 2 is 1.83 bits per heavy atom. The third-order valence-electron chi connectivity index (χ3n) is 4.28. The molecule has 1 aliphatic carbocycles. The van der Waals surface area contributed by atoms with Crippen molar-refractivity contribution in [1.29, 1.82) is 0 Å². The number of ether oxygens (including phenoxy) is 1. The van der Waals surface area contributed by atoms with Gasteiger partial charge in [-0.25, -0.2) is 4.79 Å². The average Bonchev–Trinajstić information content (AvgIpc) is 2.84. The highest BCUT2D eigenvalue weighted by Gasteiger charge is 2.47. The lowest BCUT2D eigenvalue weighted by Gasteiger charge is -2.15. The number of hydrogen-bond donors (Lipinski definition) is 0. The normalized spacial score (nSPS) is 23.1. The van der Waals surface area contributed by atoms with E-state index in [1.165, 1.54) is 4.90 Å². The Labute approximate surface area is 134 Å². The zero-order valence-electron chi connectivity index (χ0n) is 13.0. The molecule has 0 bridgehead atoms. The van der Waals surface area contributed by atoms with Gasteiger partial charge in [-0.1, -0.05) is 25.1 Å². The van der Waals surface area contributed by atoms with Crippen LogP contribution in [-0.2, 0) is 14.3 Å². The van der Waals surface area contributed by atoms with Gasteiger partial charge in [-0.15, -0.1) is 0 Å². The van der Waals surface area contributed by atoms with Gasteiger partial charge in [-0.2, -0.15) is 0 Å². The second-order valence-corrected chi connectivity index (χ2v) is 5.85. The summed E-state index contributed by atoms with van der Waals surface area (Å²) < 4.78 is 5.11. The summed E-state index contributed by atoms with van der Waals surface area (Å²) in [5.41, 5.74) is 0.796. The number of hydrogen-bond acceptors (Lipinski definition) is 4. The molecule has 1 aromatic carbocycles. The molecule has 0 radical (unpaired) electrons. The number of esters is 1. The quantitative estimate of drug-likeness (QED) is 0.487. The fourth-order valence-corrected chi connectivity index (χ4v) is 3.10. The molecule has 2 aliphatic rings. The van der Waals surface area contributed by atoms with Crippen LogP contribution in [0.5, 0.6) is 0 Å². The Kier molecular flexibility index (Phi) is 4.28. The molecule has 2 unspecified atom stereocenters. The van der Waals surface area contributed by atoms with E-state index in [2.05, 4.69) is 0 Å². The van der Waals surface area contributed by atoms with E-state index in [1.54, 1.807) is 24.3 Å². The molecule has 2 atom stereocenters. The molecule has 1 fully saturated rings. The SMILES string of the molecule is CCCOC(=O)c1cccc(N2C(=O)C3CC=CCC3C2=O)c1. The maximum atomic E-state index is 12.6. The van der Waals surface area contributed by atoms with E-state index < -0.39 is 5.97 Å². The highest BCUT2D eigenvalue weighted by atomic mass is 16.5. The van der Waals surface area contributed by atoms with Gasteiger partial charge in [0.05, 0.1) is 29.7 Å². The summed E-state index contributed by atoms with van der Waals surface area (Å²) in [6.07, 6.45) is 5.85. The highest BCUT2D eigenvalue weighted by Crippen LogP contribution is 2.37. The molecule has 5 heteroatoms. The first-order chi connectivity index (χ1) is 11.1. The van der Waals surface area contributed by atoms with E-state index in [4.69, 9.17) is 4.74 Å². The number of carbonyl (C=O) groups excluding carboxylic acids is 3. The first-order valence-corrected chi connectivity index (χ1v) is 7.93. The number of imide groups is 1. The van der Waals surface area contributed by atoms with Crippen molar-refractivity contribution in [3.63, 3.8) is 0 Å². The van der Waals surface area contributed by atoms with Gasteiger partial charge in [0.25, 0.3) is 0 Å². The summed E-state index contributed by atoms with van der Waals surface area (Å²) in [6.45, 7) is 2.27. The third-order valence-corrected chi connectivity index (χ3v) is 4.28. The number of amides is 2. The molecule has 2 amide bonds. The van der Waals surface area contributed by atoms with E-state index in [0.29, 0.717) is 30.7 Å². The van der Waals surface area contributed by atoms with Crippen molar-refractivity contribution in [1.82, 2.24) is 0 Å². The zero-order chi connectivity index (χ0) is 16.4. The molecule has 0 saturated carbocycles. The van der Waals surface area contributed by atoms with Crippen LogP contribution in [0.3, 0.4) is 0 Å². The molecule has 5 nitrogen and oxygen atoms in total. The first-order valence-electron chi connectivity index (χ1n) is 7.93. The van der Waals surface area contributed by atoms with Crippen LogP contribution in [0.4, 0.5) is 5.69 Å². The molecule has 23 heavy (non-hydrogen) atoms. The molecule has 120 valence electrons. The van der Waals surface area contributed by atoms with E-state index in [0.717, 1.165) is 6.42 Å². The van der Waals surface area contributed by atoms with Gasteiger partial charge < -0.3 is 4.74 Å². The summed E-state index contributed by atoms with van der Waals surface area (Å²) >= 11 is 0. The number of benzene rings is 1. The molecule has 1 saturated heterocycles. The van der Waals surface area contributed by atoms with Gasteiger partial charge in [0.2, 0.25) is 11.8 Å². The van der Waals surface area contributed by atoms with Crippen LogP contribution < -0.4 is 4.90 Å². The van der Waals surface area contributed by atoms with E-state index >= 15 is 0 Å². The number of nitrogens with zero attached hydrogens (tertiary/aromatic N) is 1. The van der Waals surface area contributed by atoms with Crippen molar-refractivity contribution in [2.24, 2.45) is 11.8 Å². The summed E-state index contributed by atoms with van der Waals surface area (Å²) in [7, 11) is 0. The second-order valence-electron chi connectivity index (χ2n) is 5.85. The largest absolute Gasteiger partial charge is 0.462 e. The number of anilines is 1. The van der Waals surface area contributed by atoms with Crippen LogP contribution in [0.2, 0.25) is 0 Å². The fraction of sp³-hybridized carbons (Fsp3) is 0.389. The molecular formula is C18H19NO4. The van der Waals surface area contributed by atoms with Crippen LogP contribution in [0.1, 0.15) is 36.5 Å². The van der Waals surface area contributed by atoms with Crippen molar-refractivity contribution in [3.05, 3.63) is 42.0 Å². The van der Waals surface area contributed by atoms with Crippen molar-refractivity contribution in [3.8, 4) is 0 Å². The minimum Gasteiger partial charge on any atom is -0.462 e. The topological polar surface area (TPSA) is 63.7 Å².